The predicted octanol–water partition coefficient (Wildman–Crippen LogP) is 5.85. The number of anilines is 1. The van der Waals surface area contributed by atoms with Gasteiger partial charge < -0.3 is 9.47 Å². The monoisotopic (exact) mass is 420 g/mol. The Morgan fingerprint density at radius 3 is 2.39 bits per heavy atom. The summed E-state index contributed by atoms with van der Waals surface area (Å²) in [7, 11) is 0. The number of rotatable bonds is 3. The summed E-state index contributed by atoms with van der Waals surface area (Å²) in [6.07, 6.45) is 4.19. The standard InChI is InChI=1S/C25H28N2O4/c1-25(2,3)31-24(29)27-19-13-15-21(22(27)16-14-19)17-9-11-18(12-10-17)26-23(28)30-20-7-5-4-6-8-20/h4-12,15,19,22H,13-14,16H2,1-3H3,(H,26,28). The van der Waals surface area contributed by atoms with Gasteiger partial charge in [0.2, 0.25) is 0 Å². The molecule has 2 atom stereocenters. The van der Waals surface area contributed by atoms with Crippen LogP contribution in [0.2, 0.25) is 0 Å². The van der Waals surface area contributed by atoms with E-state index in [1.807, 2.05) is 68.1 Å². The lowest BCUT2D eigenvalue weighted by Crippen LogP contribution is -2.46. The fraction of sp³-hybridized carbons (Fsp3) is 0.360. The summed E-state index contributed by atoms with van der Waals surface area (Å²) in [5.41, 5.74) is 2.31. The minimum atomic E-state index is -0.537. The van der Waals surface area contributed by atoms with E-state index in [1.54, 1.807) is 12.1 Å². The van der Waals surface area contributed by atoms with Gasteiger partial charge in [-0.05, 0) is 75.4 Å². The van der Waals surface area contributed by atoms with Crippen LogP contribution in [-0.4, -0.2) is 34.8 Å². The molecular weight excluding hydrogens is 392 g/mol. The van der Waals surface area contributed by atoms with E-state index in [0.29, 0.717) is 11.4 Å². The maximum absolute atomic E-state index is 12.8. The zero-order chi connectivity index (χ0) is 22.0. The van der Waals surface area contributed by atoms with E-state index in [2.05, 4.69) is 11.4 Å². The highest BCUT2D eigenvalue weighted by Crippen LogP contribution is 2.41. The molecule has 6 nitrogen and oxygen atoms in total. The zero-order valence-electron chi connectivity index (χ0n) is 18.1. The van der Waals surface area contributed by atoms with Gasteiger partial charge in [-0.15, -0.1) is 0 Å². The first-order valence-electron chi connectivity index (χ1n) is 10.7. The summed E-state index contributed by atoms with van der Waals surface area (Å²) in [5, 5.41) is 2.74. The Labute approximate surface area is 182 Å². The molecule has 2 aromatic rings. The molecule has 0 aromatic heterocycles. The summed E-state index contributed by atoms with van der Waals surface area (Å²) < 4.78 is 10.9. The molecule has 2 aliphatic heterocycles. The normalized spacial score (nSPS) is 20.1. The molecule has 2 unspecified atom stereocenters. The Balaban J connectivity index is 1.43. The molecule has 0 aliphatic carbocycles. The van der Waals surface area contributed by atoms with Crippen LogP contribution < -0.4 is 10.1 Å². The second kappa shape index (κ2) is 8.46. The molecular formula is C25H28N2O4. The van der Waals surface area contributed by atoms with Crippen LogP contribution >= 0.6 is 0 Å². The summed E-state index contributed by atoms with van der Waals surface area (Å²) >= 11 is 0. The number of benzene rings is 2. The van der Waals surface area contributed by atoms with E-state index in [-0.39, 0.29) is 18.2 Å². The molecule has 0 spiro atoms. The number of nitrogens with zero attached hydrogens (tertiary/aromatic N) is 1. The predicted molar refractivity (Wildman–Crippen MR) is 120 cm³/mol. The van der Waals surface area contributed by atoms with Crippen LogP contribution in [0.1, 0.15) is 45.6 Å². The third-order valence-corrected chi connectivity index (χ3v) is 5.49. The third-order valence-electron chi connectivity index (χ3n) is 5.49. The first-order valence-corrected chi connectivity index (χ1v) is 10.7. The molecule has 1 saturated heterocycles. The van der Waals surface area contributed by atoms with Crippen LogP contribution in [0.15, 0.2) is 60.7 Å². The lowest BCUT2D eigenvalue weighted by atomic mass is 9.94. The molecule has 31 heavy (non-hydrogen) atoms. The largest absolute Gasteiger partial charge is 0.444 e. The van der Waals surface area contributed by atoms with Gasteiger partial charge in [0, 0.05) is 11.7 Å². The smallest absolute Gasteiger partial charge is 0.417 e. The first kappa shape index (κ1) is 21.0. The number of ether oxygens (including phenoxy) is 2. The van der Waals surface area contributed by atoms with E-state index in [1.165, 1.54) is 0 Å². The van der Waals surface area contributed by atoms with Crippen LogP contribution in [0.3, 0.4) is 0 Å². The van der Waals surface area contributed by atoms with Crippen molar-refractivity contribution in [2.75, 3.05) is 5.32 Å². The maximum atomic E-state index is 12.8. The molecule has 2 amide bonds. The van der Waals surface area contributed by atoms with Gasteiger partial charge in [0.25, 0.3) is 0 Å². The topological polar surface area (TPSA) is 67.9 Å². The molecule has 162 valence electrons. The molecule has 2 heterocycles. The summed E-state index contributed by atoms with van der Waals surface area (Å²) in [4.78, 5) is 26.8. The van der Waals surface area contributed by atoms with Crippen LogP contribution in [0, 0.1) is 0 Å². The third kappa shape index (κ3) is 4.90. The summed E-state index contributed by atoms with van der Waals surface area (Å²) in [6, 6.07) is 16.8. The number of fused-ring (bicyclic) bond motifs is 2. The molecule has 1 N–H and O–H groups in total. The lowest BCUT2D eigenvalue weighted by molar-refractivity contribution is 0.0179. The molecule has 2 aromatic carbocycles. The molecule has 6 heteroatoms. The Bertz CT molecular complexity index is 977. The van der Waals surface area contributed by atoms with Crippen molar-refractivity contribution in [2.24, 2.45) is 0 Å². The van der Waals surface area contributed by atoms with Crippen molar-refractivity contribution in [3.63, 3.8) is 0 Å². The van der Waals surface area contributed by atoms with Gasteiger partial charge in [-0.3, -0.25) is 10.2 Å². The minimum absolute atomic E-state index is 0.0236. The molecule has 0 radical (unpaired) electrons. The number of amides is 2. The molecule has 1 fully saturated rings. The van der Waals surface area contributed by atoms with Gasteiger partial charge in [0.1, 0.15) is 11.4 Å². The number of para-hydroxylation sites is 1. The lowest BCUT2D eigenvalue weighted by Gasteiger charge is -2.36. The van der Waals surface area contributed by atoms with Crippen molar-refractivity contribution < 1.29 is 19.1 Å². The maximum Gasteiger partial charge on any atom is 0.417 e. The Hall–Kier alpha value is -3.28. The van der Waals surface area contributed by atoms with Crippen molar-refractivity contribution in [1.29, 1.82) is 0 Å². The van der Waals surface area contributed by atoms with E-state index < -0.39 is 11.7 Å². The Morgan fingerprint density at radius 1 is 1.00 bits per heavy atom. The van der Waals surface area contributed by atoms with Crippen LogP contribution in [0.5, 0.6) is 5.75 Å². The highest BCUT2D eigenvalue weighted by molar-refractivity contribution is 5.87. The van der Waals surface area contributed by atoms with Gasteiger partial charge in [-0.1, -0.05) is 36.4 Å². The van der Waals surface area contributed by atoms with E-state index in [4.69, 9.17) is 9.47 Å². The van der Waals surface area contributed by atoms with E-state index in [0.717, 1.165) is 30.4 Å². The number of hydrogen-bond acceptors (Lipinski definition) is 4. The average molecular weight is 421 g/mol. The summed E-state index contributed by atoms with van der Waals surface area (Å²) in [6.45, 7) is 5.67. The Morgan fingerprint density at radius 2 is 1.71 bits per heavy atom. The molecule has 2 aliphatic rings. The van der Waals surface area contributed by atoms with Crippen LogP contribution in [0.25, 0.3) is 5.57 Å². The van der Waals surface area contributed by atoms with Crippen molar-refractivity contribution in [3.8, 4) is 5.75 Å². The number of carbonyl (C=O) groups is 2. The fourth-order valence-electron chi connectivity index (χ4n) is 4.20. The zero-order valence-corrected chi connectivity index (χ0v) is 18.1. The van der Waals surface area contributed by atoms with Gasteiger partial charge in [-0.2, -0.15) is 0 Å². The Kier molecular flexibility index (Phi) is 5.72. The number of carbonyl (C=O) groups excluding carboxylic acids is 2. The van der Waals surface area contributed by atoms with Crippen molar-refractivity contribution in [2.45, 2.75) is 57.7 Å². The number of hydrogen-bond donors (Lipinski definition) is 1. The van der Waals surface area contributed by atoms with Gasteiger partial charge >= 0.3 is 12.2 Å². The van der Waals surface area contributed by atoms with Crippen LogP contribution in [-0.2, 0) is 4.74 Å². The first-order chi connectivity index (χ1) is 14.8. The quantitative estimate of drug-likeness (QED) is 0.676. The van der Waals surface area contributed by atoms with Crippen LogP contribution in [0.4, 0.5) is 15.3 Å². The van der Waals surface area contributed by atoms with Crippen molar-refractivity contribution >= 4 is 23.4 Å². The summed E-state index contributed by atoms with van der Waals surface area (Å²) in [5.74, 6) is 0.488. The van der Waals surface area contributed by atoms with Gasteiger partial charge in [0.15, 0.2) is 0 Å². The van der Waals surface area contributed by atoms with Gasteiger partial charge in [-0.25, -0.2) is 9.59 Å². The highest BCUT2D eigenvalue weighted by Gasteiger charge is 2.43. The molecule has 0 saturated carbocycles. The SMILES string of the molecule is CC(C)(C)OC(=O)N1C2CC=C(c3ccc(NC(=O)Oc4ccccc4)cc3)C1CC2. The van der Waals surface area contributed by atoms with Crippen molar-refractivity contribution in [3.05, 3.63) is 66.2 Å². The van der Waals surface area contributed by atoms with Crippen molar-refractivity contribution in [1.82, 2.24) is 4.90 Å². The van der Waals surface area contributed by atoms with E-state index >= 15 is 0 Å². The fourth-order valence-corrected chi connectivity index (χ4v) is 4.20. The number of nitrogens with one attached hydrogen (secondary N) is 1. The van der Waals surface area contributed by atoms with Gasteiger partial charge in [0.05, 0.1) is 6.04 Å². The molecule has 4 rings (SSSR count). The average Bonchev–Trinajstić information content (AvgIpc) is 3.02. The molecule has 2 bridgehead atoms. The second-order valence-corrected chi connectivity index (χ2v) is 8.93. The highest BCUT2D eigenvalue weighted by atomic mass is 16.6. The van der Waals surface area contributed by atoms with E-state index in [9.17, 15) is 9.59 Å². The minimum Gasteiger partial charge on any atom is -0.444 e. The second-order valence-electron chi connectivity index (χ2n) is 8.93.